The molecule has 0 spiro atoms. The highest BCUT2D eigenvalue weighted by Crippen LogP contribution is 2.29. The van der Waals surface area contributed by atoms with E-state index in [0.29, 0.717) is 11.9 Å². The minimum absolute atomic E-state index is 0.299. The van der Waals surface area contributed by atoms with Crippen LogP contribution in [0.5, 0.6) is 11.6 Å². The van der Waals surface area contributed by atoms with Gasteiger partial charge in [0.25, 0.3) is 0 Å². The van der Waals surface area contributed by atoms with Gasteiger partial charge in [-0.2, -0.15) is 0 Å². The second-order valence-electron chi connectivity index (χ2n) is 4.75. The van der Waals surface area contributed by atoms with Gasteiger partial charge in [0.15, 0.2) is 0 Å². The van der Waals surface area contributed by atoms with Crippen molar-refractivity contribution in [2.24, 2.45) is 0 Å². The monoisotopic (exact) mass is 334 g/mol. The predicted molar refractivity (Wildman–Crippen MR) is 85.3 cm³/mol. The molecule has 1 aromatic heterocycles. The number of aryl methyl sites for hydroxylation is 1. The first-order chi connectivity index (χ1) is 9.60. The molecule has 0 saturated carbocycles. The Morgan fingerprint density at radius 1 is 1.30 bits per heavy atom. The van der Waals surface area contributed by atoms with Crippen molar-refractivity contribution in [1.29, 1.82) is 0 Å². The summed E-state index contributed by atoms with van der Waals surface area (Å²) >= 11 is 3.50. The van der Waals surface area contributed by atoms with Gasteiger partial charge < -0.3 is 10.1 Å². The quantitative estimate of drug-likeness (QED) is 0.866. The molecule has 0 radical (unpaired) electrons. The summed E-state index contributed by atoms with van der Waals surface area (Å²) in [7, 11) is 0. The molecule has 0 amide bonds. The van der Waals surface area contributed by atoms with Crippen molar-refractivity contribution in [2.45, 2.75) is 26.8 Å². The molecule has 0 saturated heterocycles. The Morgan fingerprint density at radius 2 is 2.10 bits per heavy atom. The van der Waals surface area contributed by atoms with E-state index < -0.39 is 0 Å². The van der Waals surface area contributed by atoms with E-state index in [2.05, 4.69) is 40.1 Å². The number of rotatable bonds is 5. The van der Waals surface area contributed by atoms with Crippen LogP contribution >= 0.6 is 15.9 Å². The lowest BCUT2D eigenvalue weighted by molar-refractivity contribution is 0.458. The lowest BCUT2D eigenvalue weighted by Crippen LogP contribution is -2.17. The van der Waals surface area contributed by atoms with Gasteiger partial charge in [-0.05, 0) is 59.6 Å². The average Bonchev–Trinajstić information content (AvgIpc) is 2.43. The SMILES string of the molecule is CCNC(C)c1ccc(Oc2ccc(C)cc2Br)nc1. The van der Waals surface area contributed by atoms with Crippen molar-refractivity contribution >= 4 is 15.9 Å². The number of ether oxygens (including phenoxy) is 1. The Kier molecular flexibility index (Phi) is 5.15. The van der Waals surface area contributed by atoms with E-state index in [4.69, 9.17) is 4.74 Å². The summed E-state index contributed by atoms with van der Waals surface area (Å²) in [5.74, 6) is 1.37. The number of aromatic nitrogens is 1. The Labute approximate surface area is 128 Å². The maximum atomic E-state index is 5.78. The normalized spacial score (nSPS) is 12.2. The zero-order valence-electron chi connectivity index (χ0n) is 12.0. The summed E-state index contributed by atoms with van der Waals surface area (Å²) in [6, 6.07) is 10.2. The Morgan fingerprint density at radius 3 is 2.70 bits per heavy atom. The highest BCUT2D eigenvalue weighted by molar-refractivity contribution is 9.10. The number of hydrogen-bond acceptors (Lipinski definition) is 3. The smallest absolute Gasteiger partial charge is 0.219 e. The lowest BCUT2D eigenvalue weighted by Gasteiger charge is -2.13. The van der Waals surface area contributed by atoms with Crippen LogP contribution in [0.3, 0.4) is 0 Å². The van der Waals surface area contributed by atoms with Crippen LogP contribution in [0.1, 0.15) is 31.0 Å². The maximum Gasteiger partial charge on any atom is 0.219 e. The highest BCUT2D eigenvalue weighted by Gasteiger charge is 2.07. The summed E-state index contributed by atoms with van der Waals surface area (Å²) in [4.78, 5) is 4.36. The zero-order chi connectivity index (χ0) is 14.5. The zero-order valence-corrected chi connectivity index (χ0v) is 13.6. The minimum atomic E-state index is 0.299. The van der Waals surface area contributed by atoms with Crippen LogP contribution < -0.4 is 10.1 Å². The number of nitrogens with one attached hydrogen (secondary N) is 1. The third-order valence-electron chi connectivity index (χ3n) is 3.07. The third-order valence-corrected chi connectivity index (χ3v) is 3.69. The fourth-order valence-corrected chi connectivity index (χ4v) is 2.51. The van der Waals surface area contributed by atoms with Crippen molar-refractivity contribution in [3.8, 4) is 11.6 Å². The van der Waals surface area contributed by atoms with Gasteiger partial charge in [0.1, 0.15) is 5.75 Å². The van der Waals surface area contributed by atoms with Crippen molar-refractivity contribution in [2.75, 3.05) is 6.54 Å². The van der Waals surface area contributed by atoms with Gasteiger partial charge in [0.2, 0.25) is 5.88 Å². The second kappa shape index (κ2) is 6.86. The van der Waals surface area contributed by atoms with Crippen LogP contribution in [0.2, 0.25) is 0 Å². The van der Waals surface area contributed by atoms with Gasteiger partial charge in [0.05, 0.1) is 4.47 Å². The first-order valence-corrected chi connectivity index (χ1v) is 7.52. The molecule has 2 rings (SSSR count). The predicted octanol–water partition coefficient (Wildman–Crippen LogP) is 4.62. The maximum absolute atomic E-state index is 5.78. The van der Waals surface area contributed by atoms with Crippen LogP contribution in [0.15, 0.2) is 41.0 Å². The van der Waals surface area contributed by atoms with Crippen LogP contribution in [0, 0.1) is 6.92 Å². The molecule has 1 heterocycles. The van der Waals surface area contributed by atoms with Crippen LogP contribution in [-0.4, -0.2) is 11.5 Å². The third kappa shape index (κ3) is 3.81. The summed E-state index contributed by atoms with van der Waals surface area (Å²) in [6.45, 7) is 7.20. The molecule has 0 aliphatic heterocycles. The van der Waals surface area contributed by atoms with E-state index in [1.807, 2.05) is 43.5 Å². The molecule has 1 N–H and O–H groups in total. The molecule has 3 nitrogen and oxygen atoms in total. The molecule has 1 aromatic carbocycles. The summed E-state index contributed by atoms with van der Waals surface area (Å²) in [6.07, 6.45) is 1.85. The fraction of sp³-hybridized carbons (Fsp3) is 0.312. The first kappa shape index (κ1) is 15.0. The molecule has 4 heteroatoms. The van der Waals surface area contributed by atoms with E-state index in [1.165, 1.54) is 5.56 Å². The largest absolute Gasteiger partial charge is 0.438 e. The van der Waals surface area contributed by atoms with Crippen LogP contribution in [-0.2, 0) is 0 Å². The van der Waals surface area contributed by atoms with Gasteiger partial charge in [-0.1, -0.05) is 19.1 Å². The van der Waals surface area contributed by atoms with Crippen LogP contribution in [0.25, 0.3) is 0 Å². The van der Waals surface area contributed by atoms with Crippen molar-refractivity contribution in [3.63, 3.8) is 0 Å². The van der Waals surface area contributed by atoms with E-state index in [-0.39, 0.29) is 0 Å². The van der Waals surface area contributed by atoms with Crippen molar-refractivity contribution in [3.05, 3.63) is 52.1 Å². The Bertz CT molecular complexity index is 569. The highest BCUT2D eigenvalue weighted by atomic mass is 79.9. The van der Waals surface area contributed by atoms with Gasteiger partial charge in [-0.3, -0.25) is 0 Å². The molecule has 106 valence electrons. The van der Waals surface area contributed by atoms with Gasteiger partial charge >= 0.3 is 0 Å². The number of nitrogens with zero attached hydrogens (tertiary/aromatic N) is 1. The molecule has 20 heavy (non-hydrogen) atoms. The Balaban J connectivity index is 2.10. The van der Waals surface area contributed by atoms with E-state index in [0.717, 1.165) is 22.3 Å². The summed E-state index contributed by atoms with van der Waals surface area (Å²) in [5, 5.41) is 3.36. The van der Waals surface area contributed by atoms with E-state index in [1.54, 1.807) is 0 Å². The molecule has 1 unspecified atom stereocenters. The molecule has 0 aliphatic rings. The number of pyridine rings is 1. The lowest BCUT2D eigenvalue weighted by atomic mass is 10.1. The summed E-state index contributed by atoms with van der Waals surface area (Å²) < 4.78 is 6.72. The number of halogens is 1. The van der Waals surface area contributed by atoms with Gasteiger partial charge in [0, 0.05) is 18.3 Å². The minimum Gasteiger partial charge on any atom is -0.438 e. The van der Waals surface area contributed by atoms with E-state index in [9.17, 15) is 0 Å². The number of benzene rings is 1. The number of hydrogen-bond donors (Lipinski definition) is 1. The second-order valence-corrected chi connectivity index (χ2v) is 5.60. The van der Waals surface area contributed by atoms with Gasteiger partial charge in [-0.15, -0.1) is 0 Å². The Hall–Kier alpha value is -1.39. The molecule has 0 aliphatic carbocycles. The fourth-order valence-electron chi connectivity index (χ4n) is 1.93. The average molecular weight is 335 g/mol. The van der Waals surface area contributed by atoms with Crippen molar-refractivity contribution in [1.82, 2.24) is 10.3 Å². The van der Waals surface area contributed by atoms with E-state index >= 15 is 0 Å². The molecule has 2 aromatic rings. The summed E-state index contributed by atoms with van der Waals surface area (Å²) in [5.41, 5.74) is 2.34. The van der Waals surface area contributed by atoms with Gasteiger partial charge in [-0.25, -0.2) is 4.98 Å². The standard InChI is InChI=1S/C16H19BrN2O/c1-4-18-12(3)13-6-8-16(19-10-13)20-15-7-5-11(2)9-14(15)17/h5-10,12,18H,4H2,1-3H3. The van der Waals surface area contributed by atoms with Crippen LogP contribution in [0.4, 0.5) is 0 Å². The first-order valence-electron chi connectivity index (χ1n) is 6.73. The molecular formula is C16H19BrN2O. The molecular weight excluding hydrogens is 316 g/mol. The van der Waals surface area contributed by atoms with Crippen molar-refractivity contribution < 1.29 is 4.74 Å². The molecule has 1 atom stereocenters. The molecule has 0 bridgehead atoms. The molecule has 0 fully saturated rings. The topological polar surface area (TPSA) is 34.1 Å².